The summed E-state index contributed by atoms with van der Waals surface area (Å²) in [6, 6.07) is 5.09. The van der Waals surface area contributed by atoms with Crippen molar-refractivity contribution < 1.29 is 13.6 Å². The third-order valence-electron chi connectivity index (χ3n) is 2.49. The molecule has 0 aliphatic heterocycles. The van der Waals surface area contributed by atoms with E-state index < -0.39 is 11.6 Å². The number of fused-ring (bicyclic) bond motifs is 1. The van der Waals surface area contributed by atoms with Gasteiger partial charge in [0.25, 0.3) is 0 Å². The van der Waals surface area contributed by atoms with Crippen molar-refractivity contribution in [2.75, 3.05) is 0 Å². The van der Waals surface area contributed by atoms with Crippen molar-refractivity contribution in [3.8, 4) is 0 Å². The van der Waals surface area contributed by atoms with Gasteiger partial charge in [-0.25, -0.2) is 8.78 Å². The van der Waals surface area contributed by atoms with E-state index in [9.17, 15) is 13.6 Å². The molecule has 0 saturated carbocycles. The quantitative estimate of drug-likeness (QED) is 0.654. The normalized spacial score (nSPS) is 10.6. The van der Waals surface area contributed by atoms with Crippen LogP contribution in [0.25, 0.3) is 10.8 Å². The molecule has 0 aliphatic rings. The minimum Gasteiger partial charge on any atom is -0.298 e. The maximum atomic E-state index is 13.3. The largest absolute Gasteiger partial charge is 0.298 e. The van der Waals surface area contributed by atoms with Crippen LogP contribution in [0.15, 0.2) is 24.3 Å². The standard InChI is InChI=1S/C12H8F2O/c1-7-8(6-15)2-3-10-11(7)4-9(13)5-12(10)14/h2-6H,1H3. The van der Waals surface area contributed by atoms with E-state index in [4.69, 9.17) is 0 Å². The summed E-state index contributed by atoms with van der Waals surface area (Å²) in [5.41, 5.74) is 1.05. The van der Waals surface area contributed by atoms with Crippen LogP contribution >= 0.6 is 0 Å². The van der Waals surface area contributed by atoms with Gasteiger partial charge in [0.1, 0.15) is 17.9 Å². The molecule has 15 heavy (non-hydrogen) atoms. The zero-order valence-electron chi connectivity index (χ0n) is 8.05. The summed E-state index contributed by atoms with van der Waals surface area (Å²) in [5, 5.41) is 0.775. The molecular weight excluding hydrogens is 198 g/mol. The van der Waals surface area contributed by atoms with Gasteiger partial charge in [-0.1, -0.05) is 12.1 Å². The molecule has 0 heterocycles. The molecule has 0 amide bonds. The van der Waals surface area contributed by atoms with Crippen LogP contribution in [-0.4, -0.2) is 6.29 Å². The van der Waals surface area contributed by atoms with Crippen molar-refractivity contribution in [2.24, 2.45) is 0 Å². The molecule has 0 bridgehead atoms. The van der Waals surface area contributed by atoms with Crippen molar-refractivity contribution in [2.45, 2.75) is 6.92 Å². The summed E-state index contributed by atoms with van der Waals surface area (Å²) >= 11 is 0. The fraction of sp³-hybridized carbons (Fsp3) is 0.0833. The molecule has 2 rings (SSSR count). The number of hydrogen-bond acceptors (Lipinski definition) is 1. The predicted molar refractivity (Wildman–Crippen MR) is 54.0 cm³/mol. The van der Waals surface area contributed by atoms with E-state index in [2.05, 4.69) is 0 Å². The molecule has 3 heteroatoms. The molecule has 0 fully saturated rings. The molecule has 0 spiro atoms. The molecule has 0 atom stereocenters. The number of hydrogen-bond donors (Lipinski definition) is 0. The van der Waals surface area contributed by atoms with Gasteiger partial charge in [-0.15, -0.1) is 0 Å². The monoisotopic (exact) mass is 206 g/mol. The lowest BCUT2D eigenvalue weighted by Crippen LogP contribution is -1.91. The fourth-order valence-corrected chi connectivity index (χ4v) is 1.65. The first-order valence-electron chi connectivity index (χ1n) is 4.47. The molecule has 0 aromatic heterocycles. The summed E-state index contributed by atoms with van der Waals surface area (Å²) in [4.78, 5) is 10.7. The van der Waals surface area contributed by atoms with E-state index in [1.165, 1.54) is 18.2 Å². The molecule has 0 unspecified atom stereocenters. The van der Waals surface area contributed by atoms with Crippen LogP contribution in [-0.2, 0) is 0 Å². The second-order valence-electron chi connectivity index (χ2n) is 3.38. The summed E-state index contributed by atoms with van der Waals surface area (Å²) in [6.07, 6.45) is 0.678. The lowest BCUT2D eigenvalue weighted by atomic mass is 10.0. The number of carbonyl (C=O) groups excluding carboxylic acids is 1. The second-order valence-corrected chi connectivity index (χ2v) is 3.38. The Hall–Kier alpha value is -1.77. The van der Waals surface area contributed by atoms with Gasteiger partial charge in [0, 0.05) is 17.0 Å². The molecule has 2 aromatic rings. The summed E-state index contributed by atoms with van der Waals surface area (Å²) in [5.74, 6) is -1.24. The summed E-state index contributed by atoms with van der Waals surface area (Å²) in [6.45, 7) is 1.67. The van der Waals surface area contributed by atoms with Crippen molar-refractivity contribution >= 4 is 17.1 Å². The lowest BCUT2D eigenvalue weighted by Gasteiger charge is -2.05. The van der Waals surface area contributed by atoms with Crippen molar-refractivity contribution in [3.63, 3.8) is 0 Å². The minimum absolute atomic E-state index is 0.333. The molecule has 2 aromatic carbocycles. The zero-order valence-corrected chi connectivity index (χ0v) is 8.05. The Morgan fingerprint density at radius 2 is 1.87 bits per heavy atom. The Bertz CT molecular complexity index is 547. The average Bonchev–Trinajstić information content (AvgIpc) is 2.19. The highest BCUT2D eigenvalue weighted by Gasteiger charge is 2.08. The smallest absolute Gasteiger partial charge is 0.150 e. The van der Waals surface area contributed by atoms with Gasteiger partial charge >= 0.3 is 0 Å². The second kappa shape index (κ2) is 3.42. The van der Waals surface area contributed by atoms with E-state index in [0.29, 0.717) is 28.2 Å². The zero-order chi connectivity index (χ0) is 11.0. The molecule has 0 N–H and O–H groups in total. The van der Waals surface area contributed by atoms with E-state index in [-0.39, 0.29) is 0 Å². The first kappa shape index (κ1) is 9.77. The highest BCUT2D eigenvalue weighted by molar-refractivity contribution is 5.93. The topological polar surface area (TPSA) is 17.1 Å². The Morgan fingerprint density at radius 3 is 2.53 bits per heavy atom. The third-order valence-corrected chi connectivity index (χ3v) is 2.49. The van der Waals surface area contributed by atoms with Gasteiger partial charge in [0.05, 0.1) is 0 Å². The number of halogens is 2. The Labute approximate surface area is 85.3 Å². The van der Waals surface area contributed by atoms with Gasteiger partial charge in [-0.2, -0.15) is 0 Å². The van der Waals surface area contributed by atoms with Gasteiger partial charge in [-0.3, -0.25) is 4.79 Å². The minimum atomic E-state index is -0.633. The fourth-order valence-electron chi connectivity index (χ4n) is 1.65. The van der Waals surface area contributed by atoms with Crippen LogP contribution in [0, 0.1) is 18.6 Å². The SMILES string of the molecule is Cc1c(C=O)ccc2c(F)cc(F)cc12. The van der Waals surface area contributed by atoms with E-state index in [1.807, 2.05) is 0 Å². The Balaban J connectivity index is 2.92. The maximum absolute atomic E-state index is 13.3. The Kier molecular flexibility index (Phi) is 2.23. The Morgan fingerprint density at radius 1 is 1.13 bits per heavy atom. The highest BCUT2D eigenvalue weighted by atomic mass is 19.1. The maximum Gasteiger partial charge on any atom is 0.150 e. The van der Waals surface area contributed by atoms with Gasteiger partial charge in [0.2, 0.25) is 0 Å². The number of carbonyl (C=O) groups is 1. The molecule has 0 radical (unpaired) electrons. The predicted octanol–water partition coefficient (Wildman–Crippen LogP) is 3.24. The van der Waals surface area contributed by atoms with Crippen molar-refractivity contribution in [1.29, 1.82) is 0 Å². The van der Waals surface area contributed by atoms with Crippen LogP contribution in [0.1, 0.15) is 15.9 Å². The van der Waals surface area contributed by atoms with Crippen LogP contribution in [0.4, 0.5) is 8.78 Å². The molecule has 1 nitrogen and oxygen atoms in total. The first-order valence-corrected chi connectivity index (χ1v) is 4.47. The van der Waals surface area contributed by atoms with Gasteiger partial charge in [-0.05, 0) is 23.9 Å². The number of aldehydes is 1. The molecule has 76 valence electrons. The van der Waals surface area contributed by atoms with E-state index in [0.717, 1.165) is 6.07 Å². The average molecular weight is 206 g/mol. The van der Waals surface area contributed by atoms with Crippen LogP contribution in [0.3, 0.4) is 0 Å². The van der Waals surface area contributed by atoms with Gasteiger partial charge in [0.15, 0.2) is 0 Å². The van der Waals surface area contributed by atoms with Crippen molar-refractivity contribution in [1.82, 2.24) is 0 Å². The number of aryl methyl sites for hydroxylation is 1. The first-order chi connectivity index (χ1) is 7.13. The van der Waals surface area contributed by atoms with Crippen LogP contribution in [0.5, 0.6) is 0 Å². The molecule has 0 saturated heterocycles. The van der Waals surface area contributed by atoms with E-state index >= 15 is 0 Å². The number of rotatable bonds is 1. The summed E-state index contributed by atoms with van der Waals surface area (Å²) in [7, 11) is 0. The van der Waals surface area contributed by atoms with Crippen molar-refractivity contribution in [3.05, 3.63) is 47.0 Å². The summed E-state index contributed by atoms with van der Waals surface area (Å²) < 4.78 is 26.3. The van der Waals surface area contributed by atoms with Crippen LogP contribution in [0.2, 0.25) is 0 Å². The lowest BCUT2D eigenvalue weighted by molar-refractivity contribution is 0.112. The molecular formula is C12H8F2O. The third kappa shape index (κ3) is 1.50. The molecule has 0 aliphatic carbocycles. The highest BCUT2D eigenvalue weighted by Crippen LogP contribution is 2.24. The van der Waals surface area contributed by atoms with E-state index in [1.54, 1.807) is 6.92 Å². The van der Waals surface area contributed by atoms with Gasteiger partial charge < -0.3 is 0 Å². The van der Waals surface area contributed by atoms with Crippen LogP contribution < -0.4 is 0 Å². The number of benzene rings is 2.